The minimum atomic E-state index is -1.76. The van der Waals surface area contributed by atoms with E-state index < -0.39 is 23.4 Å². The number of rotatable bonds is 4. The molecule has 4 aromatic rings. The van der Waals surface area contributed by atoms with E-state index in [2.05, 4.69) is 15.9 Å². The van der Waals surface area contributed by atoms with Crippen LogP contribution >= 0.6 is 15.9 Å². The first-order valence-corrected chi connectivity index (χ1v) is 13.9. The summed E-state index contributed by atoms with van der Waals surface area (Å²) in [7, 11) is 1.54. The highest BCUT2D eigenvalue weighted by Gasteiger charge is 2.73. The van der Waals surface area contributed by atoms with Crippen LogP contribution in [0, 0.1) is 5.41 Å². The van der Waals surface area contributed by atoms with Crippen LogP contribution in [-0.4, -0.2) is 46.8 Å². The van der Waals surface area contributed by atoms with Gasteiger partial charge in [-0.1, -0.05) is 64.5 Å². The zero-order chi connectivity index (χ0) is 28.5. The van der Waals surface area contributed by atoms with Gasteiger partial charge in [0.1, 0.15) is 23.0 Å². The molecule has 202 valence electrons. The second-order valence-electron chi connectivity index (χ2n) is 10.4. The normalized spacial score (nSPS) is 21.5. The van der Waals surface area contributed by atoms with E-state index in [0.717, 1.165) is 11.1 Å². The number of carbonyl (C=O) groups excluding carboxylic acids is 3. The summed E-state index contributed by atoms with van der Waals surface area (Å²) >= 11 is 3.50. The molecular weight excluding hydrogens is 584 g/mol. The number of Topliss-reactive ketones (excluding diaryl/α,β-unsaturated/α-hetero) is 3. The fourth-order valence-corrected chi connectivity index (χ4v) is 7.20. The van der Waals surface area contributed by atoms with Crippen LogP contribution in [0.1, 0.15) is 59.7 Å². The number of hydrogen-bond acceptors (Lipinski definition) is 7. The Balaban J connectivity index is 1.55. The van der Waals surface area contributed by atoms with Gasteiger partial charge in [-0.15, -0.1) is 0 Å². The summed E-state index contributed by atoms with van der Waals surface area (Å²) in [5.74, 6) is -1.67. The van der Waals surface area contributed by atoms with Crippen molar-refractivity contribution in [3.63, 3.8) is 0 Å². The minimum absolute atomic E-state index is 0.112. The number of aromatic hydroxyl groups is 1. The Morgan fingerprint density at radius 3 is 2.24 bits per heavy atom. The maximum absolute atomic E-state index is 14.7. The Labute approximate surface area is 244 Å². The fraction of sp³-hybridized carbons (Fsp3) is 0.152. The molecule has 0 radical (unpaired) electrons. The summed E-state index contributed by atoms with van der Waals surface area (Å²) < 4.78 is 5.93. The number of benzene rings is 4. The molecule has 41 heavy (non-hydrogen) atoms. The molecule has 2 heterocycles. The number of hydrogen-bond donors (Lipinski definition) is 1. The van der Waals surface area contributed by atoms with E-state index in [1.54, 1.807) is 79.0 Å². The van der Waals surface area contributed by atoms with Gasteiger partial charge in [0.05, 0.1) is 19.4 Å². The van der Waals surface area contributed by atoms with Crippen LogP contribution in [-0.2, 0) is 0 Å². The lowest BCUT2D eigenvalue weighted by Gasteiger charge is -2.36. The van der Waals surface area contributed by atoms with Crippen LogP contribution in [0.15, 0.2) is 101 Å². The van der Waals surface area contributed by atoms with Crippen LogP contribution in [0.2, 0.25) is 0 Å². The van der Waals surface area contributed by atoms with E-state index in [-0.39, 0.29) is 23.1 Å². The lowest BCUT2D eigenvalue weighted by Crippen LogP contribution is -2.43. The molecule has 0 bridgehead atoms. The Morgan fingerprint density at radius 2 is 1.56 bits per heavy atom. The number of hydrazone groups is 1. The predicted molar refractivity (Wildman–Crippen MR) is 156 cm³/mol. The molecule has 1 spiro atoms. The Morgan fingerprint density at radius 1 is 0.902 bits per heavy atom. The summed E-state index contributed by atoms with van der Waals surface area (Å²) in [6.07, 6.45) is 1.66. The molecule has 0 saturated carbocycles. The van der Waals surface area contributed by atoms with E-state index in [1.807, 2.05) is 24.3 Å². The van der Waals surface area contributed by atoms with Gasteiger partial charge in [0, 0.05) is 32.6 Å². The van der Waals surface area contributed by atoms with Gasteiger partial charge < -0.3 is 9.84 Å². The smallest absolute Gasteiger partial charge is 0.187 e. The van der Waals surface area contributed by atoms with Crippen molar-refractivity contribution in [3.05, 3.63) is 129 Å². The second-order valence-corrected chi connectivity index (χ2v) is 11.4. The van der Waals surface area contributed by atoms with Crippen molar-refractivity contribution < 1.29 is 24.2 Å². The molecule has 4 aromatic carbocycles. The number of phenolic OH excluding ortho intramolecular Hbond substituents is 1. The van der Waals surface area contributed by atoms with Gasteiger partial charge in [-0.2, -0.15) is 5.10 Å². The number of ketones is 3. The summed E-state index contributed by atoms with van der Waals surface area (Å²) in [4.78, 5) is 44.0. The van der Waals surface area contributed by atoms with Crippen LogP contribution in [0.3, 0.4) is 0 Å². The van der Waals surface area contributed by atoms with Crippen molar-refractivity contribution in [2.24, 2.45) is 10.5 Å². The molecule has 7 nitrogen and oxygen atoms in total. The number of methoxy groups -OCH3 is 1. The number of halogens is 1. The largest absolute Gasteiger partial charge is 0.508 e. The van der Waals surface area contributed by atoms with Crippen LogP contribution in [0.25, 0.3) is 0 Å². The van der Waals surface area contributed by atoms with Gasteiger partial charge in [-0.3, -0.25) is 19.4 Å². The first-order valence-electron chi connectivity index (χ1n) is 13.1. The maximum Gasteiger partial charge on any atom is 0.187 e. The third kappa shape index (κ3) is 3.43. The van der Waals surface area contributed by atoms with Gasteiger partial charge in [0.2, 0.25) is 0 Å². The number of ether oxygens (including phenoxy) is 1. The van der Waals surface area contributed by atoms with E-state index in [4.69, 9.17) is 9.84 Å². The van der Waals surface area contributed by atoms with Gasteiger partial charge in [-0.05, 0) is 53.6 Å². The van der Waals surface area contributed by atoms with Crippen LogP contribution < -0.4 is 4.74 Å². The Bertz CT molecular complexity index is 1760. The van der Waals surface area contributed by atoms with Gasteiger partial charge >= 0.3 is 0 Å². The van der Waals surface area contributed by atoms with Crippen LogP contribution in [0.4, 0.5) is 0 Å². The van der Waals surface area contributed by atoms with E-state index in [0.29, 0.717) is 32.5 Å². The molecule has 1 fully saturated rings. The third-order valence-corrected chi connectivity index (χ3v) is 9.04. The molecule has 1 N–H and O–H groups in total. The SMILES string of the molecule is COc1ccc(C(=O)[C@@H]2[C@H](c3cc(Br)ccc3O)C3(C(=O)c4ccccc4C3=O)[C@@H]3c4ccccc4C=NN23)cc1. The molecule has 3 atom stereocenters. The van der Waals surface area contributed by atoms with Crippen LogP contribution in [0.5, 0.6) is 11.5 Å². The summed E-state index contributed by atoms with van der Waals surface area (Å²) in [6.45, 7) is 0. The number of fused-ring (bicyclic) bond motifs is 5. The number of nitrogens with zero attached hydrogens (tertiary/aromatic N) is 2. The van der Waals surface area contributed by atoms with Crippen molar-refractivity contribution in [1.29, 1.82) is 0 Å². The second kappa shape index (κ2) is 9.24. The fourth-order valence-electron chi connectivity index (χ4n) is 6.82. The van der Waals surface area contributed by atoms with Gasteiger partial charge in [0.25, 0.3) is 0 Å². The van der Waals surface area contributed by atoms with Crippen molar-refractivity contribution >= 4 is 39.5 Å². The quantitative estimate of drug-likeness (QED) is 0.227. The molecule has 1 aliphatic carbocycles. The van der Waals surface area contributed by atoms with Gasteiger partial charge in [0.15, 0.2) is 17.3 Å². The lowest BCUT2D eigenvalue weighted by molar-refractivity contribution is 0.0585. The molecule has 0 aromatic heterocycles. The number of carbonyl (C=O) groups is 3. The van der Waals surface area contributed by atoms with E-state index >= 15 is 0 Å². The molecule has 1 saturated heterocycles. The van der Waals surface area contributed by atoms with E-state index in [1.165, 1.54) is 6.07 Å². The average molecular weight is 607 g/mol. The van der Waals surface area contributed by atoms with Crippen molar-refractivity contribution in [2.45, 2.75) is 18.0 Å². The van der Waals surface area contributed by atoms with E-state index in [9.17, 15) is 19.5 Å². The highest BCUT2D eigenvalue weighted by Crippen LogP contribution is 2.65. The van der Waals surface area contributed by atoms with Crippen molar-refractivity contribution in [2.75, 3.05) is 7.11 Å². The Hall–Kier alpha value is -4.56. The molecule has 7 rings (SSSR count). The summed E-state index contributed by atoms with van der Waals surface area (Å²) in [5.41, 5.74) is 1.03. The highest BCUT2D eigenvalue weighted by atomic mass is 79.9. The monoisotopic (exact) mass is 606 g/mol. The molecular formula is C33H23BrN2O5. The standard InChI is InChI=1S/C33H23BrN2O5/c1-41-21-13-10-18(11-14-21)29(38)28-27(25-16-20(34)12-15-26(25)37)33(31(39)23-8-4-5-9-24(23)32(33)40)30-22-7-3-2-6-19(22)17-35-36(28)30/h2-17,27-28,30,37H,1H3/t27-,28-,30-/m0/s1. The molecule has 2 aliphatic heterocycles. The first kappa shape index (κ1) is 25.4. The molecule has 8 heteroatoms. The third-order valence-electron chi connectivity index (χ3n) is 8.54. The summed E-state index contributed by atoms with van der Waals surface area (Å²) in [6, 6.07) is 23.9. The summed E-state index contributed by atoms with van der Waals surface area (Å²) in [5, 5.41) is 17.6. The topological polar surface area (TPSA) is 96.3 Å². The molecule has 0 unspecified atom stereocenters. The van der Waals surface area contributed by atoms with Gasteiger partial charge in [-0.25, -0.2) is 0 Å². The lowest BCUT2D eigenvalue weighted by atomic mass is 9.62. The molecule has 3 aliphatic rings. The maximum atomic E-state index is 14.7. The Kier molecular flexibility index (Phi) is 5.73. The predicted octanol–water partition coefficient (Wildman–Crippen LogP) is 5.97. The molecule has 0 amide bonds. The average Bonchev–Trinajstić information content (AvgIpc) is 3.44. The number of phenols is 1. The zero-order valence-corrected chi connectivity index (χ0v) is 23.4. The minimum Gasteiger partial charge on any atom is -0.508 e. The highest BCUT2D eigenvalue weighted by molar-refractivity contribution is 9.10. The van der Waals surface area contributed by atoms with Crippen molar-refractivity contribution in [1.82, 2.24) is 5.01 Å². The first-order chi connectivity index (χ1) is 19.9. The zero-order valence-electron chi connectivity index (χ0n) is 21.8. The van der Waals surface area contributed by atoms with Crippen molar-refractivity contribution in [3.8, 4) is 11.5 Å².